The number of hydrogen-bond donors (Lipinski definition) is 1. The van der Waals surface area contributed by atoms with Crippen molar-refractivity contribution in [2.75, 3.05) is 13.1 Å². The summed E-state index contributed by atoms with van der Waals surface area (Å²) in [6, 6.07) is 10.1. The van der Waals surface area contributed by atoms with E-state index in [-0.39, 0.29) is 5.41 Å². The van der Waals surface area contributed by atoms with Crippen LogP contribution in [0.1, 0.15) is 18.4 Å². The zero-order valence-corrected chi connectivity index (χ0v) is 12.0. The van der Waals surface area contributed by atoms with Gasteiger partial charge in [0.2, 0.25) is 4.96 Å². The van der Waals surface area contributed by atoms with Crippen LogP contribution in [0.3, 0.4) is 0 Å². The molecule has 3 heterocycles. The molecule has 0 amide bonds. The summed E-state index contributed by atoms with van der Waals surface area (Å²) < 4.78 is 1.87. The molecule has 1 unspecified atom stereocenters. The molecule has 0 radical (unpaired) electrons. The third-order valence-electron chi connectivity index (χ3n) is 3.91. The molecule has 5 nitrogen and oxygen atoms in total. The van der Waals surface area contributed by atoms with Crippen LogP contribution < -0.4 is 5.32 Å². The molecule has 0 bridgehead atoms. The van der Waals surface area contributed by atoms with Gasteiger partial charge in [-0.3, -0.25) is 0 Å². The summed E-state index contributed by atoms with van der Waals surface area (Å²) in [5.41, 5.74) is 1.17. The Morgan fingerprint density at radius 1 is 1.25 bits per heavy atom. The van der Waals surface area contributed by atoms with E-state index in [2.05, 4.69) is 22.4 Å². The third-order valence-corrected chi connectivity index (χ3v) is 5.11. The number of nitrogens with zero attached hydrogens (tertiary/aromatic N) is 4. The zero-order chi connectivity index (χ0) is 13.6. The van der Waals surface area contributed by atoms with Crippen LogP contribution in [0.4, 0.5) is 0 Å². The second-order valence-electron chi connectivity index (χ2n) is 5.48. The summed E-state index contributed by atoms with van der Waals surface area (Å²) >= 11 is 1.65. The van der Waals surface area contributed by atoms with Crippen LogP contribution in [-0.2, 0) is 5.41 Å². The van der Waals surface area contributed by atoms with Crippen molar-refractivity contribution in [3.05, 3.63) is 35.3 Å². The van der Waals surface area contributed by atoms with Crippen LogP contribution in [0.25, 0.3) is 16.3 Å². The maximum atomic E-state index is 4.77. The molecule has 6 heteroatoms. The molecule has 1 atom stereocenters. The van der Waals surface area contributed by atoms with Gasteiger partial charge in [-0.2, -0.15) is 9.61 Å². The molecule has 20 heavy (non-hydrogen) atoms. The Hall–Kier alpha value is -1.79. The predicted molar refractivity (Wildman–Crippen MR) is 78.9 cm³/mol. The van der Waals surface area contributed by atoms with Crippen LogP contribution in [0, 0.1) is 0 Å². The minimum atomic E-state index is 0.124. The monoisotopic (exact) mass is 285 g/mol. The van der Waals surface area contributed by atoms with Gasteiger partial charge in [0.05, 0.1) is 0 Å². The van der Waals surface area contributed by atoms with Crippen molar-refractivity contribution in [2.24, 2.45) is 0 Å². The molecule has 0 spiro atoms. The summed E-state index contributed by atoms with van der Waals surface area (Å²) in [6.45, 7) is 4.31. The molecule has 3 aromatic rings. The standard InChI is InChI=1S/C14H15N5S/c1-14(7-8-15-9-14)12-18-19-11(16-17-13(19)20-12)10-5-3-2-4-6-10/h2-6,15H,7-9H2,1H3. The first kappa shape index (κ1) is 12.0. The molecule has 1 aliphatic rings. The molecule has 2 aromatic heterocycles. The van der Waals surface area contributed by atoms with Crippen molar-refractivity contribution in [2.45, 2.75) is 18.8 Å². The van der Waals surface area contributed by atoms with Crippen molar-refractivity contribution in [3.63, 3.8) is 0 Å². The fourth-order valence-electron chi connectivity index (χ4n) is 2.63. The average molecular weight is 285 g/mol. The number of aromatic nitrogens is 4. The molecular weight excluding hydrogens is 270 g/mol. The molecule has 1 saturated heterocycles. The Bertz CT molecular complexity index is 739. The van der Waals surface area contributed by atoms with Crippen molar-refractivity contribution < 1.29 is 0 Å². The maximum Gasteiger partial charge on any atom is 0.234 e. The largest absolute Gasteiger partial charge is 0.316 e. The molecule has 1 N–H and O–H groups in total. The normalized spacial score (nSPS) is 22.6. The number of fused-ring (bicyclic) bond motifs is 1. The second-order valence-corrected chi connectivity index (χ2v) is 6.43. The first-order chi connectivity index (χ1) is 9.76. The summed E-state index contributed by atoms with van der Waals surface area (Å²) in [5, 5.41) is 17.9. The number of rotatable bonds is 2. The van der Waals surface area contributed by atoms with Gasteiger partial charge < -0.3 is 5.32 Å². The molecule has 0 aliphatic carbocycles. The van der Waals surface area contributed by atoms with E-state index in [1.165, 1.54) is 0 Å². The van der Waals surface area contributed by atoms with E-state index >= 15 is 0 Å². The van der Waals surface area contributed by atoms with Crippen LogP contribution in [0.5, 0.6) is 0 Å². The van der Waals surface area contributed by atoms with Crippen LogP contribution >= 0.6 is 11.3 Å². The van der Waals surface area contributed by atoms with Gasteiger partial charge in [0.1, 0.15) is 5.01 Å². The van der Waals surface area contributed by atoms with Crippen LogP contribution in [0.2, 0.25) is 0 Å². The maximum absolute atomic E-state index is 4.77. The lowest BCUT2D eigenvalue weighted by atomic mass is 9.91. The van der Waals surface area contributed by atoms with E-state index in [4.69, 9.17) is 5.10 Å². The quantitative estimate of drug-likeness (QED) is 0.783. The molecule has 102 valence electrons. The Morgan fingerprint density at radius 2 is 2.10 bits per heavy atom. The van der Waals surface area contributed by atoms with Crippen LogP contribution in [-0.4, -0.2) is 32.9 Å². The highest BCUT2D eigenvalue weighted by molar-refractivity contribution is 7.16. The Morgan fingerprint density at radius 3 is 2.85 bits per heavy atom. The van der Waals surface area contributed by atoms with E-state index in [1.807, 2.05) is 34.8 Å². The van der Waals surface area contributed by atoms with Gasteiger partial charge in [-0.25, -0.2) is 0 Å². The summed E-state index contributed by atoms with van der Waals surface area (Å²) in [4.78, 5) is 0.868. The number of hydrogen-bond acceptors (Lipinski definition) is 5. The van der Waals surface area contributed by atoms with E-state index in [9.17, 15) is 0 Å². The van der Waals surface area contributed by atoms with Gasteiger partial charge >= 0.3 is 0 Å². The van der Waals surface area contributed by atoms with E-state index in [0.717, 1.165) is 40.9 Å². The lowest BCUT2D eigenvalue weighted by molar-refractivity contribution is 0.514. The van der Waals surface area contributed by atoms with Crippen molar-refractivity contribution in [1.82, 2.24) is 25.1 Å². The minimum absolute atomic E-state index is 0.124. The highest BCUT2D eigenvalue weighted by Crippen LogP contribution is 2.33. The molecule has 0 saturated carbocycles. The topological polar surface area (TPSA) is 55.1 Å². The fourth-order valence-corrected chi connectivity index (χ4v) is 3.64. The first-order valence-electron chi connectivity index (χ1n) is 6.75. The first-order valence-corrected chi connectivity index (χ1v) is 7.57. The van der Waals surface area contributed by atoms with Crippen molar-refractivity contribution in [1.29, 1.82) is 0 Å². The van der Waals surface area contributed by atoms with Gasteiger partial charge in [-0.1, -0.05) is 48.6 Å². The van der Waals surface area contributed by atoms with Gasteiger partial charge in [-0.15, -0.1) is 10.2 Å². The Balaban J connectivity index is 1.83. The van der Waals surface area contributed by atoms with E-state index in [1.54, 1.807) is 11.3 Å². The number of nitrogens with one attached hydrogen (secondary N) is 1. The zero-order valence-electron chi connectivity index (χ0n) is 11.2. The molecule has 1 fully saturated rings. The molecular formula is C14H15N5S. The summed E-state index contributed by atoms with van der Waals surface area (Å²) in [7, 11) is 0. The van der Waals surface area contributed by atoms with Gasteiger partial charge in [0.15, 0.2) is 5.82 Å². The van der Waals surface area contributed by atoms with E-state index < -0.39 is 0 Å². The molecule has 4 rings (SSSR count). The molecule has 1 aliphatic heterocycles. The summed E-state index contributed by atoms with van der Waals surface area (Å²) in [6.07, 6.45) is 1.12. The Kier molecular flexibility index (Phi) is 2.61. The molecule has 1 aromatic carbocycles. The third kappa shape index (κ3) is 1.76. The smallest absolute Gasteiger partial charge is 0.234 e. The summed E-state index contributed by atoms with van der Waals surface area (Å²) in [5.74, 6) is 0.817. The highest BCUT2D eigenvalue weighted by Gasteiger charge is 2.34. The lowest BCUT2D eigenvalue weighted by Gasteiger charge is -2.17. The lowest BCUT2D eigenvalue weighted by Crippen LogP contribution is -2.24. The van der Waals surface area contributed by atoms with Crippen molar-refractivity contribution >= 4 is 16.3 Å². The predicted octanol–water partition coefficient (Wildman–Crippen LogP) is 2.10. The minimum Gasteiger partial charge on any atom is -0.316 e. The fraction of sp³-hybridized carbons (Fsp3) is 0.357. The van der Waals surface area contributed by atoms with Crippen LogP contribution in [0.15, 0.2) is 30.3 Å². The Labute approximate surface area is 120 Å². The SMILES string of the molecule is CC1(c2nn3c(-c4ccccc4)nnc3s2)CCNC1. The highest BCUT2D eigenvalue weighted by atomic mass is 32.1. The van der Waals surface area contributed by atoms with Gasteiger partial charge in [0.25, 0.3) is 0 Å². The van der Waals surface area contributed by atoms with Gasteiger partial charge in [-0.05, 0) is 13.0 Å². The second kappa shape index (κ2) is 4.36. The average Bonchev–Trinajstić information content (AvgIpc) is 3.14. The van der Waals surface area contributed by atoms with Crippen molar-refractivity contribution in [3.8, 4) is 11.4 Å². The van der Waals surface area contributed by atoms with Gasteiger partial charge in [0, 0.05) is 17.5 Å². The number of benzene rings is 1. The van der Waals surface area contributed by atoms with E-state index in [0.29, 0.717) is 0 Å².